The highest BCUT2D eigenvalue weighted by Gasteiger charge is 2.41. The van der Waals surface area contributed by atoms with Crippen LogP contribution in [-0.2, 0) is 4.79 Å². The molecule has 0 saturated carbocycles. The molecule has 1 atom stereocenters. The number of ether oxygens (including phenoxy) is 1. The number of hydrogen-bond acceptors (Lipinski definition) is 3. The lowest BCUT2D eigenvalue weighted by Crippen LogP contribution is -2.32. The zero-order chi connectivity index (χ0) is 14.7. The molecule has 2 aliphatic rings. The second-order valence-corrected chi connectivity index (χ2v) is 6.04. The number of benzene rings is 1. The maximum absolute atomic E-state index is 12.3. The number of carbonyl (C=O) groups excluding carboxylic acids is 1. The Labute approximate surface area is 137 Å². The normalized spacial score (nSPS) is 24.0. The Morgan fingerprint density at radius 1 is 1.32 bits per heavy atom. The van der Waals surface area contributed by atoms with E-state index >= 15 is 0 Å². The molecule has 3 rings (SSSR count). The topological polar surface area (TPSA) is 41.6 Å². The summed E-state index contributed by atoms with van der Waals surface area (Å²) in [5, 5.41) is 3.42. The first-order valence-electron chi connectivity index (χ1n) is 7.53. The SMILES string of the molecule is COc1ccc(/C=C/C(=O)N2CCC3(CCNC3)C2)cc1.Cl. The molecule has 1 unspecified atom stereocenters. The number of methoxy groups -OCH3 is 1. The van der Waals surface area contributed by atoms with Crippen LogP contribution in [0.3, 0.4) is 0 Å². The van der Waals surface area contributed by atoms with Gasteiger partial charge in [0.15, 0.2) is 0 Å². The summed E-state index contributed by atoms with van der Waals surface area (Å²) in [4.78, 5) is 14.3. The molecule has 120 valence electrons. The standard InChI is InChI=1S/C17H22N2O2.ClH/c1-21-15-5-2-14(3-6-15)4-7-16(20)19-11-9-17(13-19)8-10-18-12-17;/h2-7,18H,8-13H2,1H3;1H/b7-4+;. The van der Waals surface area contributed by atoms with Gasteiger partial charge in [-0.1, -0.05) is 12.1 Å². The third kappa shape index (κ3) is 3.62. The quantitative estimate of drug-likeness (QED) is 0.869. The van der Waals surface area contributed by atoms with E-state index in [1.54, 1.807) is 13.2 Å². The van der Waals surface area contributed by atoms with Crippen LogP contribution in [0.15, 0.2) is 30.3 Å². The largest absolute Gasteiger partial charge is 0.497 e. The molecule has 1 spiro atoms. The van der Waals surface area contributed by atoms with E-state index in [9.17, 15) is 4.79 Å². The van der Waals surface area contributed by atoms with E-state index in [2.05, 4.69) is 5.32 Å². The Morgan fingerprint density at radius 3 is 2.73 bits per heavy atom. The molecule has 2 fully saturated rings. The molecule has 5 heteroatoms. The van der Waals surface area contributed by atoms with Gasteiger partial charge in [-0.05, 0) is 43.2 Å². The summed E-state index contributed by atoms with van der Waals surface area (Å²) in [6.07, 6.45) is 5.88. The monoisotopic (exact) mass is 322 g/mol. The molecular weight excluding hydrogens is 300 g/mol. The molecule has 4 nitrogen and oxygen atoms in total. The average molecular weight is 323 g/mol. The lowest BCUT2D eigenvalue weighted by Gasteiger charge is -2.22. The Morgan fingerprint density at radius 2 is 2.09 bits per heavy atom. The Hall–Kier alpha value is -1.52. The van der Waals surface area contributed by atoms with Crippen molar-refractivity contribution in [2.24, 2.45) is 5.41 Å². The highest BCUT2D eigenvalue weighted by molar-refractivity contribution is 5.92. The molecule has 0 aromatic heterocycles. The van der Waals surface area contributed by atoms with Gasteiger partial charge < -0.3 is 15.0 Å². The van der Waals surface area contributed by atoms with Gasteiger partial charge in [-0.2, -0.15) is 0 Å². The van der Waals surface area contributed by atoms with Crippen molar-refractivity contribution in [2.45, 2.75) is 12.8 Å². The van der Waals surface area contributed by atoms with Gasteiger partial charge in [-0.15, -0.1) is 12.4 Å². The van der Waals surface area contributed by atoms with Crippen molar-refractivity contribution in [3.05, 3.63) is 35.9 Å². The van der Waals surface area contributed by atoms with Crippen molar-refractivity contribution in [1.29, 1.82) is 0 Å². The van der Waals surface area contributed by atoms with E-state index in [1.165, 1.54) is 6.42 Å². The number of amides is 1. The van der Waals surface area contributed by atoms with Crippen LogP contribution in [0.4, 0.5) is 0 Å². The molecule has 2 saturated heterocycles. The predicted molar refractivity (Wildman–Crippen MR) is 90.4 cm³/mol. The number of nitrogens with one attached hydrogen (secondary N) is 1. The highest BCUT2D eigenvalue weighted by Crippen LogP contribution is 2.36. The van der Waals surface area contributed by atoms with E-state index in [4.69, 9.17) is 4.74 Å². The van der Waals surface area contributed by atoms with Gasteiger partial charge in [0.05, 0.1) is 7.11 Å². The molecule has 22 heavy (non-hydrogen) atoms. The van der Waals surface area contributed by atoms with Crippen molar-refractivity contribution >= 4 is 24.4 Å². The molecule has 1 N–H and O–H groups in total. The van der Waals surface area contributed by atoms with Crippen molar-refractivity contribution in [3.8, 4) is 5.75 Å². The lowest BCUT2D eigenvalue weighted by molar-refractivity contribution is -0.125. The fourth-order valence-electron chi connectivity index (χ4n) is 3.26. The van der Waals surface area contributed by atoms with Crippen molar-refractivity contribution in [3.63, 3.8) is 0 Å². The summed E-state index contributed by atoms with van der Waals surface area (Å²) < 4.78 is 5.12. The van der Waals surface area contributed by atoms with Gasteiger partial charge >= 0.3 is 0 Å². The number of carbonyl (C=O) groups is 1. The lowest BCUT2D eigenvalue weighted by atomic mass is 9.87. The van der Waals surface area contributed by atoms with Crippen LogP contribution in [0.1, 0.15) is 18.4 Å². The minimum absolute atomic E-state index is 0. The molecule has 0 aliphatic carbocycles. The number of rotatable bonds is 3. The molecule has 1 aromatic rings. The van der Waals surface area contributed by atoms with E-state index in [-0.39, 0.29) is 18.3 Å². The summed E-state index contributed by atoms with van der Waals surface area (Å²) in [7, 11) is 1.65. The van der Waals surface area contributed by atoms with Crippen LogP contribution in [0.2, 0.25) is 0 Å². The Kier molecular flexibility index (Phi) is 5.48. The number of likely N-dealkylation sites (tertiary alicyclic amines) is 1. The average Bonchev–Trinajstić information content (AvgIpc) is 3.16. The van der Waals surface area contributed by atoms with Crippen molar-refractivity contribution in [1.82, 2.24) is 10.2 Å². The molecule has 0 bridgehead atoms. The van der Waals surface area contributed by atoms with Gasteiger partial charge in [0.1, 0.15) is 5.75 Å². The smallest absolute Gasteiger partial charge is 0.246 e. The minimum Gasteiger partial charge on any atom is -0.497 e. The highest BCUT2D eigenvalue weighted by atomic mass is 35.5. The maximum atomic E-state index is 12.3. The minimum atomic E-state index is 0. The molecule has 2 heterocycles. The van der Waals surface area contributed by atoms with E-state index in [0.717, 1.165) is 43.9 Å². The summed E-state index contributed by atoms with van der Waals surface area (Å²) in [6.45, 7) is 3.92. The number of nitrogens with zero attached hydrogens (tertiary/aromatic N) is 1. The van der Waals surface area contributed by atoms with Crippen molar-refractivity contribution in [2.75, 3.05) is 33.3 Å². The molecule has 0 radical (unpaired) electrons. The van der Waals surface area contributed by atoms with Crippen LogP contribution in [0.25, 0.3) is 6.08 Å². The fourth-order valence-corrected chi connectivity index (χ4v) is 3.26. The zero-order valence-electron chi connectivity index (χ0n) is 12.9. The maximum Gasteiger partial charge on any atom is 0.246 e. The van der Waals surface area contributed by atoms with E-state index in [1.807, 2.05) is 35.2 Å². The zero-order valence-corrected chi connectivity index (χ0v) is 13.7. The molecule has 2 aliphatic heterocycles. The van der Waals surface area contributed by atoms with Crippen LogP contribution in [0.5, 0.6) is 5.75 Å². The molecule has 1 aromatic carbocycles. The molecule has 1 amide bonds. The van der Waals surface area contributed by atoms with Gasteiger partial charge in [0.2, 0.25) is 5.91 Å². The Bertz CT molecular complexity index is 536. The van der Waals surface area contributed by atoms with Gasteiger partial charge in [0, 0.05) is 31.1 Å². The van der Waals surface area contributed by atoms with E-state index in [0.29, 0.717) is 5.41 Å². The van der Waals surface area contributed by atoms with Crippen LogP contribution >= 0.6 is 12.4 Å². The summed E-state index contributed by atoms with van der Waals surface area (Å²) in [5.74, 6) is 0.947. The van der Waals surface area contributed by atoms with Crippen molar-refractivity contribution < 1.29 is 9.53 Å². The predicted octanol–water partition coefficient (Wildman–Crippen LogP) is 2.34. The second-order valence-electron chi connectivity index (χ2n) is 6.04. The van der Waals surface area contributed by atoms with Crippen LogP contribution < -0.4 is 10.1 Å². The summed E-state index contributed by atoms with van der Waals surface area (Å²) in [5.41, 5.74) is 1.35. The summed E-state index contributed by atoms with van der Waals surface area (Å²) >= 11 is 0. The Balaban J connectivity index is 0.00000176. The van der Waals surface area contributed by atoms with Crippen LogP contribution in [0, 0.1) is 5.41 Å². The molecular formula is C17H23ClN2O2. The van der Waals surface area contributed by atoms with Gasteiger partial charge in [-0.25, -0.2) is 0 Å². The first-order chi connectivity index (χ1) is 10.2. The summed E-state index contributed by atoms with van der Waals surface area (Å²) in [6, 6.07) is 7.71. The van der Waals surface area contributed by atoms with E-state index < -0.39 is 0 Å². The number of hydrogen-bond donors (Lipinski definition) is 1. The fraction of sp³-hybridized carbons (Fsp3) is 0.471. The first kappa shape index (κ1) is 16.8. The van der Waals surface area contributed by atoms with Gasteiger partial charge in [0.25, 0.3) is 0 Å². The third-order valence-electron chi connectivity index (χ3n) is 4.62. The van der Waals surface area contributed by atoms with Crippen LogP contribution in [-0.4, -0.2) is 44.1 Å². The first-order valence-corrected chi connectivity index (χ1v) is 7.53. The third-order valence-corrected chi connectivity index (χ3v) is 4.62. The number of halogens is 1. The second kappa shape index (κ2) is 7.16. The van der Waals surface area contributed by atoms with Gasteiger partial charge in [-0.3, -0.25) is 4.79 Å².